The predicted octanol–water partition coefficient (Wildman–Crippen LogP) is 1.22. The van der Waals surface area contributed by atoms with Gasteiger partial charge in [0.1, 0.15) is 12.7 Å². The highest BCUT2D eigenvalue weighted by Crippen LogP contribution is 2.36. The van der Waals surface area contributed by atoms with Gasteiger partial charge in [-0.1, -0.05) is 6.07 Å². The van der Waals surface area contributed by atoms with Crippen molar-refractivity contribution in [3.05, 3.63) is 18.2 Å². The molecular formula is C18H28N2O6. The monoisotopic (exact) mass is 368 g/mol. The summed E-state index contributed by atoms with van der Waals surface area (Å²) in [5.74, 6) is 1.59. The lowest BCUT2D eigenvalue weighted by molar-refractivity contribution is 0.0398. The van der Waals surface area contributed by atoms with Crippen molar-refractivity contribution in [3.8, 4) is 17.2 Å². The number of aliphatic hydroxyl groups is 1. The molecule has 1 aliphatic rings. The zero-order valence-corrected chi connectivity index (χ0v) is 15.6. The number of ether oxygens (including phenoxy) is 4. The summed E-state index contributed by atoms with van der Waals surface area (Å²) >= 11 is 0. The van der Waals surface area contributed by atoms with Gasteiger partial charge in [0.05, 0.1) is 20.8 Å². The molecule has 0 radical (unpaired) electrons. The standard InChI is InChI=1S/C18H28N2O6/c1-4-25-18(22)20-10-8-19(9-11-20)12-14(21)13-26-17-15(23-2)6-5-7-16(17)24-3/h5-7,14,21H,4,8-13H2,1-3H3/t14-/m0/s1. The lowest BCUT2D eigenvalue weighted by Crippen LogP contribution is -2.51. The first-order valence-corrected chi connectivity index (χ1v) is 8.75. The molecule has 0 spiro atoms. The summed E-state index contributed by atoms with van der Waals surface area (Å²) in [6.45, 7) is 5.31. The van der Waals surface area contributed by atoms with Crippen molar-refractivity contribution in [1.82, 2.24) is 9.80 Å². The molecule has 1 amide bonds. The largest absolute Gasteiger partial charge is 0.493 e. The molecule has 0 saturated carbocycles. The second-order valence-electron chi connectivity index (χ2n) is 5.94. The van der Waals surface area contributed by atoms with Gasteiger partial charge in [-0.2, -0.15) is 0 Å². The Hall–Kier alpha value is -2.19. The Balaban J connectivity index is 1.80. The average molecular weight is 368 g/mol. The van der Waals surface area contributed by atoms with Gasteiger partial charge >= 0.3 is 6.09 Å². The summed E-state index contributed by atoms with van der Waals surface area (Å²) in [5.41, 5.74) is 0. The summed E-state index contributed by atoms with van der Waals surface area (Å²) in [4.78, 5) is 15.5. The smallest absolute Gasteiger partial charge is 0.409 e. The zero-order valence-electron chi connectivity index (χ0n) is 15.6. The van der Waals surface area contributed by atoms with Crippen LogP contribution in [-0.2, 0) is 4.74 Å². The minimum Gasteiger partial charge on any atom is -0.493 e. The Labute approximate surface area is 154 Å². The van der Waals surface area contributed by atoms with E-state index in [4.69, 9.17) is 18.9 Å². The number of hydrogen-bond acceptors (Lipinski definition) is 7. The molecule has 8 heteroatoms. The minimum absolute atomic E-state index is 0.120. The number of piperazine rings is 1. The van der Waals surface area contributed by atoms with E-state index in [1.165, 1.54) is 0 Å². The van der Waals surface area contributed by atoms with Crippen molar-refractivity contribution in [2.45, 2.75) is 13.0 Å². The SMILES string of the molecule is CCOC(=O)N1CCN(C[C@H](O)COc2c(OC)cccc2OC)CC1. The molecule has 0 bridgehead atoms. The normalized spacial score (nSPS) is 16.1. The van der Waals surface area contributed by atoms with Crippen LogP contribution in [0.5, 0.6) is 17.2 Å². The van der Waals surface area contributed by atoms with Gasteiger partial charge in [-0.25, -0.2) is 4.79 Å². The molecular weight excluding hydrogens is 340 g/mol. The van der Waals surface area contributed by atoms with Crippen molar-refractivity contribution in [2.75, 3.05) is 60.2 Å². The Kier molecular flexibility index (Phi) is 7.80. The molecule has 1 fully saturated rings. The number of β-amino-alcohol motifs (C(OH)–C–C–N with tert-alkyl or cyclic N) is 1. The maximum atomic E-state index is 11.7. The van der Waals surface area contributed by atoms with Gasteiger partial charge in [0, 0.05) is 32.7 Å². The summed E-state index contributed by atoms with van der Waals surface area (Å²) in [7, 11) is 3.11. The molecule has 1 saturated heterocycles. The molecule has 0 aliphatic carbocycles. The van der Waals surface area contributed by atoms with Crippen molar-refractivity contribution < 1.29 is 28.8 Å². The molecule has 1 aromatic carbocycles. The van der Waals surface area contributed by atoms with Crippen LogP contribution >= 0.6 is 0 Å². The molecule has 1 N–H and O–H groups in total. The number of aliphatic hydroxyl groups excluding tert-OH is 1. The van der Waals surface area contributed by atoms with Gasteiger partial charge in [-0.15, -0.1) is 0 Å². The molecule has 1 atom stereocenters. The number of para-hydroxylation sites is 1. The van der Waals surface area contributed by atoms with Crippen molar-refractivity contribution in [1.29, 1.82) is 0 Å². The summed E-state index contributed by atoms with van der Waals surface area (Å²) in [6, 6.07) is 5.36. The molecule has 146 valence electrons. The Bertz CT molecular complexity index is 553. The first kappa shape index (κ1) is 20.1. The number of carbonyl (C=O) groups is 1. The van der Waals surface area contributed by atoms with E-state index in [2.05, 4.69) is 4.90 Å². The van der Waals surface area contributed by atoms with Gasteiger partial charge in [-0.05, 0) is 19.1 Å². The topological polar surface area (TPSA) is 80.7 Å². The van der Waals surface area contributed by atoms with E-state index in [0.29, 0.717) is 56.6 Å². The average Bonchev–Trinajstić information content (AvgIpc) is 2.66. The van der Waals surface area contributed by atoms with E-state index < -0.39 is 6.10 Å². The highest BCUT2D eigenvalue weighted by atomic mass is 16.6. The van der Waals surface area contributed by atoms with Crippen LogP contribution in [0, 0.1) is 0 Å². The van der Waals surface area contributed by atoms with Gasteiger partial charge < -0.3 is 29.0 Å². The van der Waals surface area contributed by atoms with Crippen molar-refractivity contribution in [3.63, 3.8) is 0 Å². The van der Waals surface area contributed by atoms with Gasteiger partial charge in [0.2, 0.25) is 5.75 Å². The number of methoxy groups -OCH3 is 2. The van der Waals surface area contributed by atoms with Crippen LogP contribution in [-0.4, -0.2) is 87.3 Å². The molecule has 1 heterocycles. The van der Waals surface area contributed by atoms with Crippen LogP contribution in [0.1, 0.15) is 6.92 Å². The highest BCUT2D eigenvalue weighted by molar-refractivity contribution is 5.67. The highest BCUT2D eigenvalue weighted by Gasteiger charge is 2.23. The third-order valence-corrected chi connectivity index (χ3v) is 4.17. The summed E-state index contributed by atoms with van der Waals surface area (Å²) < 4.78 is 21.3. The number of rotatable bonds is 8. The van der Waals surface area contributed by atoms with Crippen LogP contribution in [0.15, 0.2) is 18.2 Å². The third kappa shape index (κ3) is 5.40. The summed E-state index contributed by atoms with van der Waals surface area (Å²) in [5, 5.41) is 10.3. The number of hydrogen-bond donors (Lipinski definition) is 1. The van der Waals surface area contributed by atoms with Crippen LogP contribution in [0.2, 0.25) is 0 Å². The Morgan fingerprint density at radius 3 is 2.31 bits per heavy atom. The molecule has 2 rings (SSSR count). The third-order valence-electron chi connectivity index (χ3n) is 4.17. The first-order chi connectivity index (χ1) is 12.6. The van der Waals surface area contributed by atoms with Crippen molar-refractivity contribution in [2.24, 2.45) is 0 Å². The number of carbonyl (C=O) groups excluding carboxylic acids is 1. The van der Waals surface area contributed by atoms with E-state index in [1.54, 1.807) is 38.2 Å². The second-order valence-corrected chi connectivity index (χ2v) is 5.94. The van der Waals surface area contributed by atoms with E-state index in [-0.39, 0.29) is 12.7 Å². The van der Waals surface area contributed by atoms with E-state index >= 15 is 0 Å². The molecule has 1 aliphatic heterocycles. The summed E-state index contributed by atoms with van der Waals surface area (Å²) in [6.07, 6.45) is -0.946. The molecule has 0 aromatic heterocycles. The fraction of sp³-hybridized carbons (Fsp3) is 0.611. The Morgan fingerprint density at radius 1 is 1.15 bits per heavy atom. The lowest BCUT2D eigenvalue weighted by Gasteiger charge is -2.34. The van der Waals surface area contributed by atoms with E-state index in [0.717, 1.165) is 0 Å². The maximum Gasteiger partial charge on any atom is 0.409 e. The minimum atomic E-state index is -0.668. The van der Waals surface area contributed by atoms with Gasteiger partial charge in [-0.3, -0.25) is 4.90 Å². The predicted molar refractivity (Wildman–Crippen MR) is 96.1 cm³/mol. The van der Waals surface area contributed by atoms with Crippen LogP contribution in [0.4, 0.5) is 4.79 Å². The van der Waals surface area contributed by atoms with Gasteiger partial charge in [0.15, 0.2) is 11.5 Å². The first-order valence-electron chi connectivity index (χ1n) is 8.75. The van der Waals surface area contributed by atoms with E-state index in [1.807, 2.05) is 6.07 Å². The number of amides is 1. The van der Waals surface area contributed by atoms with Gasteiger partial charge in [0.25, 0.3) is 0 Å². The maximum absolute atomic E-state index is 11.7. The van der Waals surface area contributed by atoms with Crippen LogP contribution < -0.4 is 14.2 Å². The number of nitrogens with zero attached hydrogens (tertiary/aromatic N) is 2. The molecule has 0 unspecified atom stereocenters. The Morgan fingerprint density at radius 2 is 1.77 bits per heavy atom. The quantitative estimate of drug-likeness (QED) is 0.739. The fourth-order valence-corrected chi connectivity index (χ4v) is 2.82. The van der Waals surface area contributed by atoms with E-state index in [9.17, 15) is 9.90 Å². The zero-order chi connectivity index (χ0) is 18.9. The number of benzene rings is 1. The van der Waals surface area contributed by atoms with Crippen molar-refractivity contribution >= 4 is 6.09 Å². The van der Waals surface area contributed by atoms with Crippen LogP contribution in [0.3, 0.4) is 0 Å². The molecule has 1 aromatic rings. The van der Waals surface area contributed by atoms with Crippen LogP contribution in [0.25, 0.3) is 0 Å². The lowest BCUT2D eigenvalue weighted by atomic mass is 10.2. The molecule has 26 heavy (non-hydrogen) atoms. The molecule has 8 nitrogen and oxygen atoms in total. The second kappa shape index (κ2) is 10.1. The fourth-order valence-electron chi connectivity index (χ4n) is 2.82.